The maximum atomic E-state index is 6.13. The zero-order chi connectivity index (χ0) is 13.0. The monoisotopic (exact) mass is 279 g/mol. The minimum absolute atomic E-state index is 0.603. The van der Waals surface area contributed by atoms with Crippen molar-refractivity contribution in [3.05, 3.63) is 35.5 Å². The van der Waals surface area contributed by atoms with Gasteiger partial charge in [-0.1, -0.05) is 18.5 Å². The van der Waals surface area contributed by atoms with Crippen molar-refractivity contribution in [3.8, 4) is 0 Å². The summed E-state index contributed by atoms with van der Waals surface area (Å²) in [5.74, 6) is 0. The number of hydrogen-bond donors (Lipinski definition) is 2. The third-order valence-corrected chi connectivity index (χ3v) is 3.08. The summed E-state index contributed by atoms with van der Waals surface area (Å²) in [6, 6.07) is 7.54. The summed E-state index contributed by atoms with van der Waals surface area (Å²) in [5, 5.41) is 8.48. The number of fused-ring (bicyclic) bond motifs is 1. The van der Waals surface area contributed by atoms with Crippen molar-refractivity contribution < 1.29 is 0 Å². The van der Waals surface area contributed by atoms with Gasteiger partial charge in [0, 0.05) is 18.1 Å². The largest absolute Gasteiger partial charge is 0.362 e. The molecule has 0 fully saturated rings. The Balaban J connectivity index is 2.29. The summed E-state index contributed by atoms with van der Waals surface area (Å²) < 4.78 is 0. The van der Waals surface area contributed by atoms with E-state index in [0.29, 0.717) is 10.1 Å². The lowest BCUT2D eigenvalue weighted by Gasteiger charge is -2.12. The molecule has 1 heterocycles. The van der Waals surface area contributed by atoms with Gasteiger partial charge in [0.25, 0.3) is 0 Å². The molecule has 0 radical (unpaired) electrons. The van der Waals surface area contributed by atoms with E-state index < -0.39 is 0 Å². The van der Waals surface area contributed by atoms with Gasteiger partial charge in [0.1, 0.15) is 0 Å². The van der Waals surface area contributed by atoms with E-state index in [0.717, 1.165) is 29.6 Å². The van der Waals surface area contributed by atoms with Crippen molar-refractivity contribution >= 4 is 45.5 Å². The molecule has 0 aliphatic heterocycles. The molecular formula is C13H14ClN3S. The SMILES string of the molecule is CCCNC(=S)Nc1ccc(Cl)c2cccnc12. The van der Waals surface area contributed by atoms with E-state index in [1.54, 1.807) is 6.20 Å². The molecule has 0 saturated carbocycles. The van der Waals surface area contributed by atoms with Crippen molar-refractivity contribution in [2.24, 2.45) is 0 Å². The van der Waals surface area contributed by atoms with Crippen LogP contribution >= 0.6 is 23.8 Å². The molecule has 2 aromatic rings. The Labute approximate surface area is 117 Å². The van der Waals surface area contributed by atoms with Crippen LogP contribution in [0.15, 0.2) is 30.5 Å². The quantitative estimate of drug-likeness (QED) is 0.842. The van der Waals surface area contributed by atoms with Crippen LogP contribution in [0.3, 0.4) is 0 Å². The summed E-state index contributed by atoms with van der Waals surface area (Å²) in [4.78, 5) is 4.34. The van der Waals surface area contributed by atoms with Gasteiger partial charge in [-0.05, 0) is 42.9 Å². The highest BCUT2D eigenvalue weighted by Crippen LogP contribution is 2.27. The van der Waals surface area contributed by atoms with Gasteiger partial charge >= 0.3 is 0 Å². The molecule has 5 heteroatoms. The van der Waals surface area contributed by atoms with E-state index in [1.807, 2.05) is 24.3 Å². The van der Waals surface area contributed by atoms with Crippen LogP contribution in [0.1, 0.15) is 13.3 Å². The molecule has 0 spiro atoms. The zero-order valence-corrected chi connectivity index (χ0v) is 11.6. The number of rotatable bonds is 3. The first-order valence-corrected chi connectivity index (χ1v) is 6.59. The molecule has 0 unspecified atom stereocenters. The fraction of sp³-hybridized carbons (Fsp3) is 0.231. The Morgan fingerprint density at radius 3 is 3.00 bits per heavy atom. The Morgan fingerprint density at radius 2 is 2.22 bits per heavy atom. The number of halogens is 1. The fourth-order valence-corrected chi connectivity index (χ4v) is 2.07. The van der Waals surface area contributed by atoms with Gasteiger partial charge in [-0.15, -0.1) is 0 Å². The summed E-state index contributed by atoms with van der Waals surface area (Å²) in [7, 11) is 0. The summed E-state index contributed by atoms with van der Waals surface area (Å²) in [6.07, 6.45) is 2.77. The van der Waals surface area contributed by atoms with E-state index in [-0.39, 0.29) is 0 Å². The summed E-state index contributed by atoms with van der Waals surface area (Å²) in [6.45, 7) is 2.94. The van der Waals surface area contributed by atoms with Crippen LogP contribution in [0.5, 0.6) is 0 Å². The van der Waals surface area contributed by atoms with Gasteiger partial charge in [0.2, 0.25) is 0 Å². The maximum absolute atomic E-state index is 6.13. The number of pyridine rings is 1. The molecule has 2 rings (SSSR count). The molecule has 0 saturated heterocycles. The Bertz CT molecular complexity index is 571. The Kier molecular flexibility index (Phi) is 4.33. The fourth-order valence-electron chi connectivity index (χ4n) is 1.64. The van der Waals surface area contributed by atoms with Gasteiger partial charge in [-0.2, -0.15) is 0 Å². The smallest absolute Gasteiger partial charge is 0.170 e. The number of anilines is 1. The van der Waals surface area contributed by atoms with Crippen LogP contribution in [-0.2, 0) is 0 Å². The van der Waals surface area contributed by atoms with Crippen molar-refractivity contribution in [1.29, 1.82) is 0 Å². The molecule has 94 valence electrons. The normalized spacial score (nSPS) is 10.3. The molecule has 0 atom stereocenters. The first kappa shape index (κ1) is 13.1. The van der Waals surface area contributed by atoms with Crippen molar-refractivity contribution in [1.82, 2.24) is 10.3 Å². The van der Waals surface area contributed by atoms with E-state index in [4.69, 9.17) is 23.8 Å². The second kappa shape index (κ2) is 5.98. The second-order valence-electron chi connectivity index (χ2n) is 3.88. The number of nitrogens with one attached hydrogen (secondary N) is 2. The van der Waals surface area contributed by atoms with Gasteiger partial charge in [0.05, 0.1) is 16.2 Å². The van der Waals surface area contributed by atoms with Gasteiger partial charge in [-0.25, -0.2) is 0 Å². The average Bonchev–Trinajstić information content (AvgIpc) is 2.40. The predicted molar refractivity (Wildman–Crippen MR) is 81.3 cm³/mol. The van der Waals surface area contributed by atoms with Gasteiger partial charge in [-0.3, -0.25) is 4.98 Å². The van der Waals surface area contributed by atoms with E-state index in [1.165, 1.54) is 0 Å². The molecular weight excluding hydrogens is 266 g/mol. The molecule has 0 aliphatic rings. The standard InChI is InChI=1S/C13H14ClN3S/c1-2-7-16-13(18)17-11-6-5-10(14)9-4-3-8-15-12(9)11/h3-6,8H,2,7H2,1H3,(H2,16,17,18). The van der Waals surface area contributed by atoms with Crippen LogP contribution in [0.4, 0.5) is 5.69 Å². The third kappa shape index (κ3) is 2.89. The topological polar surface area (TPSA) is 37.0 Å². The Morgan fingerprint density at radius 1 is 1.39 bits per heavy atom. The van der Waals surface area contributed by atoms with Crippen LogP contribution < -0.4 is 10.6 Å². The van der Waals surface area contributed by atoms with E-state index in [2.05, 4.69) is 22.5 Å². The minimum atomic E-state index is 0.603. The highest BCUT2D eigenvalue weighted by atomic mass is 35.5. The molecule has 0 bridgehead atoms. The first-order valence-electron chi connectivity index (χ1n) is 5.80. The zero-order valence-electron chi connectivity index (χ0n) is 10.0. The van der Waals surface area contributed by atoms with Crippen LogP contribution in [0.2, 0.25) is 5.02 Å². The van der Waals surface area contributed by atoms with Gasteiger partial charge < -0.3 is 10.6 Å². The van der Waals surface area contributed by atoms with Crippen molar-refractivity contribution in [2.75, 3.05) is 11.9 Å². The van der Waals surface area contributed by atoms with E-state index >= 15 is 0 Å². The number of hydrogen-bond acceptors (Lipinski definition) is 2. The highest BCUT2D eigenvalue weighted by molar-refractivity contribution is 7.80. The minimum Gasteiger partial charge on any atom is -0.362 e. The Hall–Kier alpha value is -1.39. The van der Waals surface area contributed by atoms with Crippen molar-refractivity contribution in [3.63, 3.8) is 0 Å². The van der Waals surface area contributed by atoms with Crippen LogP contribution in [-0.4, -0.2) is 16.6 Å². The number of thiocarbonyl (C=S) groups is 1. The third-order valence-electron chi connectivity index (χ3n) is 2.50. The molecule has 1 aromatic heterocycles. The van der Waals surface area contributed by atoms with Gasteiger partial charge in [0.15, 0.2) is 5.11 Å². The van der Waals surface area contributed by atoms with E-state index in [9.17, 15) is 0 Å². The van der Waals surface area contributed by atoms with Crippen LogP contribution in [0.25, 0.3) is 10.9 Å². The second-order valence-corrected chi connectivity index (χ2v) is 4.69. The lowest BCUT2D eigenvalue weighted by Crippen LogP contribution is -2.29. The maximum Gasteiger partial charge on any atom is 0.170 e. The molecule has 18 heavy (non-hydrogen) atoms. The molecule has 0 amide bonds. The average molecular weight is 280 g/mol. The molecule has 0 aliphatic carbocycles. The molecule has 2 N–H and O–H groups in total. The summed E-state index contributed by atoms with van der Waals surface area (Å²) >= 11 is 11.3. The lowest BCUT2D eigenvalue weighted by molar-refractivity contribution is 0.846. The first-order chi connectivity index (χ1) is 8.72. The highest BCUT2D eigenvalue weighted by Gasteiger charge is 2.06. The summed E-state index contributed by atoms with van der Waals surface area (Å²) in [5.41, 5.74) is 1.69. The number of nitrogens with zero attached hydrogens (tertiary/aromatic N) is 1. The number of benzene rings is 1. The lowest BCUT2D eigenvalue weighted by atomic mass is 10.2. The molecule has 3 nitrogen and oxygen atoms in total. The van der Waals surface area contributed by atoms with Crippen LogP contribution in [0, 0.1) is 0 Å². The predicted octanol–water partition coefficient (Wildman–Crippen LogP) is 3.58. The number of aromatic nitrogens is 1. The van der Waals surface area contributed by atoms with Crippen molar-refractivity contribution in [2.45, 2.75) is 13.3 Å². The molecule has 1 aromatic carbocycles.